The van der Waals surface area contributed by atoms with Gasteiger partial charge in [-0.2, -0.15) is 0 Å². The number of hydrogen-bond acceptors (Lipinski definition) is 5. The minimum atomic E-state index is -0.179. The van der Waals surface area contributed by atoms with Crippen LogP contribution in [0, 0.1) is 0 Å². The van der Waals surface area contributed by atoms with E-state index in [1.807, 2.05) is 18.2 Å². The summed E-state index contributed by atoms with van der Waals surface area (Å²) in [5.74, 6) is 2.43. The number of rotatable bonds is 6. The molecule has 0 saturated heterocycles. The Morgan fingerprint density at radius 2 is 1.37 bits per heavy atom. The third kappa shape index (κ3) is 3.73. The predicted octanol–water partition coefficient (Wildman–Crippen LogP) is 3.92. The van der Waals surface area contributed by atoms with E-state index >= 15 is 0 Å². The number of benzene rings is 2. The number of H-pyrrole nitrogens is 1. The van der Waals surface area contributed by atoms with Gasteiger partial charge in [-0.3, -0.25) is 4.79 Å². The number of aromatic amines is 1. The van der Waals surface area contributed by atoms with E-state index in [4.69, 9.17) is 18.9 Å². The number of ether oxygens (including phenoxy) is 4. The van der Waals surface area contributed by atoms with Gasteiger partial charge in [-0.1, -0.05) is 15.9 Å². The van der Waals surface area contributed by atoms with Crippen molar-refractivity contribution in [2.24, 2.45) is 0 Å². The highest BCUT2D eigenvalue weighted by atomic mass is 79.9. The minimum absolute atomic E-state index is 0.179. The molecule has 0 spiro atoms. The molecule has 3 aromatic rings. The molecule has 7 heteroatoms. The van der Waals surface area contributed by atoms with Gasteiger partial charge in [0.15, 0.2) is 23.0 Å². The van der Waals surface area contributed by atoms with Gasteiger partial charge < -0.3 is 23.9 Å². The van der Waals surface area contributed by atoms with Crippen LogP contribution in [-0.4, -0.2) is 33.4 Å². The molecule has 3 rings (SSSR count). The summed E-state index contributed by atoms with van der Waals surface area (Å²) >= 11 is 3.57. The van der Waals surface area contributed by atoms with E-state index in [1.54, 1.807) is 40.6 Å². The Balaban J connectivity index is 2.16. The summed E-state index contributed by atoms with van der Waals surface area (Å²) in [6.07, 6.45) is 0.489. The van der Waals surface area contributed by atoms with Crippen molar-refractivity contribution < 1.29 is 18.9 Å². The van der Waals surface area contributed by atoms with E-state index in [9.17, 15) is 4.79 Å². The smallest absolute Gasteiger partial charge is 0.248 e. The highest BCUT2D eigenvalue weighted by molar-refractivity contribution is 9.10. The number of methoxy groups -OCH3 is 4. The van der Waals surface area contributed by atoms with Gasteiger partial charge in [0, 0.05) is 28.0 Å². The van der Waals surface area contributed by atoms with Gasteiger partial charge in [-0.25, -0.2) is 0 Å². The van der Waals surface area contributed by atoms with Crippen molar-refractivity contribution in [1.82, 2.24) is 4.98 Å². The lowest BCUT2D eigenvalue weighted by atomic mass is 10.0. The van der Waals surface area contributed by atoms with Crippen molar-refractivity contribution in [2.75, 3.05) is 28.4 Å². The molecule has 0 unspecified atom stereocenters. The van der Waals surface area contributed by atoms with Crippen LogP contribution in [0.5, 0.6) is 23.0 Å². The lowest BCUT2D eigenvalue weighted by molar-refractivity contribution is 0.354. The first-order valence-corrected chi connectivity index (χ1v) is 8.98. The summed E-state index contributed by atoms with van der Waals surface area (Å²) in [4.78, 5) is 15.1. The second kappa shape index (κ2) is 7.92. The lowest BCUT2D eigenvalue weighted by Gasteiger charge is -2.14. The van der Waals surface area contributed by atoms with Crippen LogP contribution < -0.4 is 24.5 Å². The molecular formula is C20H20BrNO5. The van der Waals surface area contributed by atoms with E-state index in [2.05, 4.69) is 20.9 Å². The molecule has 0 aliphatic rings. The Bertz CT molecular complexity index is 1040. The van der Waals surface area contributed by atoms with Crippen LogP contribution in [0.1, 0.15) is 11.3 Å². The highest BCUT2D eigenvalue weighted by Gasteiger charge is 2.14. The number of fused-ring (bicyclic) bond motifs is 1. The summed E-state index contributed by atoms with van der Waals surface area (Å²) in [5, 5.41) is 1.66. The quantitative estimate of drug-likeness (QED) is 0.637. The lowest BCUT2D eigenvalue weighted by Crippen LogP contribution is -2.09. The van der Waals surface area contributed by atoms with E-state index in [1.165, 1.54) is 0 Å². The summed E-state index contributed by atoms with van der Waals surface area (Å²) in [7, 11) is 6.33. The average Bonchev–Trinajstić information content (AvgIpc) is 2.67. The van der Waals surface area contributed by atoms with Gasteiger partial charge >= 0.3 is 0 Å². The summed E-state index contributed by atoms with van der Waals surface area (Å²) in [5.41, 5.74) is 1.54. The SMILES string of the molecule is COc1cc(Br)c(Cc2[nH]c(=O)cc3cc(OC)c(OC)cc23)cc1OC. The zero-order valence-electron chi connectivity index (χ0n) is 15.5. The Kier molecular flexibility index (Phi) is 5.60. The zero-order valence-corrected chi connectivity index (χ0v) is 17.1. The molecule has 0 bridgehead atoms. The van der Waals surface area contributed by atoms with Crippen LogP contribution in [-0.2, 0) is 6.42 Å². The molecule has 0 saturated carbocycles. The average molecular weight is 434 g/mol. The van der Waals surface area contributed by atoms with Crippen molar-refractivity contribution in [3.63, 3.8) is 0 Å². The minimum Gasteiger partial charge on any atom is -0.493 e. The summed E-state index contributed by atoms with van der Waals surface area (Å²) < 4.78 is 22.3. The van der Waals surface area contributed by atoms with Crippen molar-refractivity contribution in [2.45, 2.75) is 6.42 Å². The summed E-state index contributed by atoms with van der Waals surface area (Å²) in [6, 6.07) is 8.96. The van der Waals surface area contributed by atoms with Gasteiger partial charge in [0.1, 0.15) is 0 Å². The molecule has 2 aromatic carbocycles. The maximum absolute atomic E-state index is 12.2. The van der Waals surface area contributed by atoms with Crippen molar-refractivity contribution in [3.05, 3.63) is 56.4 Å². The fourth-order valence-corrected chi connectivity index (χ4v) is 3.49. The Morgan fingerprint density at radius 3 is 2.00 bits per heavy atom. The molecule has 1 heterocycles. The van der Waals surface area contributed by atoms with Crippen molar-refractivity contribution in [1.29, 1.82) is 0 Å². The van der Waals surface area contributed by atoms with E-state index < -0.39 is 0 Å². The Morgan fingerprint density at radius 1 is 0.815 bits per heavy atom. The molecule has 0 atom stereocenters. The molecule has 6 nitrogen and oxygen atoms in total. The molecule has 1 N–H and O–H groups in total. The first kappa shape index (κ1) is 19.1. The molecule has 0 aliphatic carbocycles. The molecule has 27 heavy (non-hydrogen) atoms. The fourth-order valence-electron chi connectivity index (χ4n) is 3.03. The van der Waals surface area contributed by atoms with E-state index in [0.717, 1.165) is 26.5 Å². The third-order valence-electron chi connectivity index (χ3n) is 4.36. The molecule has 1 aromatic heterocycles. The van der Waals surface area contributed by atoms with Gasteiger partial charge in [0.2, 0.25) is 5.56 Å². The highest BCUT2D eigenvalue weighted by Crippen LogP contribution is 2.36. The van der Waals surface area contributed by atoms with Crippen LogP contribution >= 0.6 is 15.9 Å². The van der Waals surface area contributed by atoms with Gasteiger partial charge in [0.25, 0.3) is 0 Å². The first-order chi connectivity index (χ1) is 13.0. The first-order valence-electron chi connectivity index (χ1n) is 8.19. The Hall–Kier alpha value is -2.67. The maximum atomic E-state index is 12.2. The van der Waals surface area contributed by atoms with Crippen LogP contribution in [0.3, 0.4) is 0 Å². The second-order valence-corrected chi connectivity index (χ2v) is 6.74. The van der Waals surface area contributed by atoms with E-state index in [-0.39, 0.29) is 5.56 Å². The van der Waals surface area contributed by atoms with Crippen LogP contribution in [0.15, 0.2) is 39.6 Å². The molecule has 0 aliphatic heterocycles. The third-order valence-corrected chi connectivity index (χ3v) is 5.10. The van der Waals surface area contributed by atoms with Crippen LogP contribution in [0.4, 0.5) is 0 Å². The standard InChI is InChI=1S/C20H20BrNO5/c1-24-16-6-11-8-20(23)22-15(13(11)9-18(16)26-3)5-12-7-17(25-2)19(27-4)10-14(12)21/h6-10H,5H2,1-4H3,(H,22,23). The second-order valence-electron chi connectivity index (χ2n) is 5.88. The monoisotopic (exact) mass is 433 g/mol. The maximum Gasteiger partial charge on any atom is 0.248 e. The van der Waals surface area contributed by atoms with Gasteiger partial charge in [0.05, 0.1) is 28.4 Å². The van der Waals surface area contributed by atoms with Crippen molar-refractivity contribution >= 4 is 26.7 Å². The number of aromatic nitrogens is 1. The zero-order chi connectivity index (χ0) is 19.6. The van der Waals surface area contributed by atoms with Gasteiger partial charge in [-0.15, -0.1) is 0 Å². The molecule has 0 amide bonds. The Labute approximate surface area is 165 Å². The fraction of sp³-hybridized carbons (Fsp3) is 0.250. The number of nitrogens with one attached hydrogen (secondary N) is 1. The van der Waals surface area contributed by atoms with Gasteiger partial charge in [-0.05, 0) is 35.2 Å². The molecule has 0 radical (unpaired) electrons. The summed E-state index contributed by atoms with van der Waals surface area (Å²) in [6.45, 7) is 0. The topological polar surface area (TPSA) is 69.8 Å². The van der Waals surface area contributed by atoms with E-state index in [0.29, 0.717) is 29.4 Å². The number of halogens is 1. The predicted molar refractivity (Wildman–Crippen MR) is 108 cm³/mol. The molecule has 0 fully saturated rings. The molecular weight excluding hydrogens is 414 g/mol. The van der Waals surface area contributed by atoms with Crippen LogP contribution in [0.25, 0.3) is 10.8 Å². The van der Waals surface area contributed by atoms with Crippen LogP contribution in [0.2, 0.25) is 0 Å². The molecule has 142 valence electrons. The largest absolute Gasteiger partial charge is 0.493 e. The van der Waals surface area contributed by atoms with Crippen molar-refractivity contribution in [3.8, 4) is 23.0 Å². The normalized spacial score (nSPS) is 10.7. The number of hydrogen-bond donors (Lipinski definition) is 1. The number of pyridine rings is 1.